The van der Waals surface area contributed by atoms with Gasteiger partial charge in [-0.25, -0.2) is 4.79 Å². The summed E-state index contributed by atoms with van der Waals surface area (Å²) in [6, 6.07) is 12.8. The Bertz CT molecular complexity index is 972. The number of carboxylic acid groups (broad SMARTS) is 1. The number of H-pyrrole nitrogens is 1. The van der Waals surface area contributed by atoms with E-state index < -0.39 is 5.97 Å². The largest absolute Gasteiger partial charge is 0.477 e. The predicted octanol–water partition coefficient (Wildman–Crippen LogP) is 4.02. The molecule has 4 heteroatoms. The molecule has 0 spiro atoms. The van der Waals surface area contributed by atoms with Crippen molar-refractivity contribution >= 4 is 16.9 Å². The minimum atomic E-state index is -1.13. The number of carbonyl (C=O) groups is 1. The molecule has 0 fully saturated rings. The van der Waals surface area contributed by atoms with Crippen molar-refractivity contribution in [3.05, 3.63) is 69.5 Å². The van der Waals surface area contributed by atoms with Crippen LogP contribution in [0.1, 0.15) is 35.5 Å². The molecule has 0 aliphatic carbocycles. The molecule has 0 unspecified atom stereocenters. The molecule has 0 saturated heterocycles. The van der Waals surface area contributed by atoms with E-state index in [1.807, 2.05) is 32.0 Å². The molecule has 0 aliphatic rings. The van der Waals surface area contributed by atoms with Crippen molar-refractivity contribution in [1.29, 1.82) is 0 Å². The van der Waals surface area contributed by atoms with Crippen molar-refractivity contribution in [2.45, 2.75) is 26.7 Å². The topological polar surface area (TPSA) is 70.2 Å². The van der Waals surface area contributed by atoms with Crippen molar-refractivity contribution < 1.29 is 9.90 Å². The summed E-state index contributed by atoms with van der Waals surface area (Å²) in [5.41, 5.74) is 3.19. The molecule has 2 aromatic carbocycles. The number of carboxylic acids is 1. The number of aryl methyl sites for hydroxylation is 2. The lowest BCUT2D eigenvalue weighted by atomic mass is 9.96. The zero-order valence-corrected chi connectivity index (χ0v) is 13.7. The third-order valence-corrected chi connectivity index (χ3v) is 4.32. The van der Waals surface area contributed by atoms with Crippen LogP contribution in [-0.2, 0) is 12.8 Å². The molecule has 1 heterocycles. The molecule has 122 valence electrons. The summed E-state index contributed by atoms with van der Waals surface area (Å²) < 4.78 is 0. The van der Waals surface area contributed by atoms with Crippen molar-refractivity contribution in [3.8, 4) is 11.1 Å². The van der Waals surface area contributed by atoms with E-state index in [0.717, 1.165) is 24.0 Å². The highest BCUT2D eigenvalue weighted by atomic mass is 16.4. The third-order valence-electron chi connectivity index (χ3n) is 4.32. The maximum Gasteiger partial charge on any atom is 0.353 e. The molecule has 3 rings (SSSR count). The van der Waals surface area contributed by atoms with Gasteiger partial charge in [0, 0.05) is 5.39 Å². The number of aromatic amines is 1. The average molecular weight is 321 g/mol. The van der Waals surface area contributed by atoms with Crippen molar-refractivity contribution in [1.82, 2.24) is 4.98 Å². The first-order chi connectivity index (χ1) is 11.6. The standard InChI is InChI=1S/C20H19NO3/c1-3-12-10-13(4-2)17-15(11-12)19(22)16(18(21-17)20(23)24)14-8-6-5-7-9-14/h5-11H,3-4H2,1-2H3,(H,21,22)(H,23,24). The summed E-state index contributed by atoms with van der Waals surface area (Å²) in [5, 5.41) is 10.2. The first-order valence-electron chi connectivity index (χ1n) is 8.07. The Morgan fingerprint density at radius 1 is 1.08 bits per heavy atom. The van der Waals surface area contributed by atoms with E-state index in [1.165, 1.54) is 0 Å². The molecular weight excluding hydrogens is 302 g/mol. The number of benzene rings is 2. The Kier molecular flexibility index (Phi) is 4.21. The summed E-state index contributed by atoms with van der Waals surface area (Å²) in [5.74, 6) is -1.13. The van der Waals surface area contributed by atoms with Gasteiger partial charge >= 0.3 is 5.97 Å². The summed E-state index contributed by atoms with van der Waals surface area (Å²) >= 11 is 0. The third kappa shape index (κ3) is 2.60. The van der Waals surface area contributed by atoms with Crippen LogP contribution in [0.2, 0.25) is 0 Å². The van der Waals surface area contributed by atoms with Crippen LogP contribution in [0.15, 0.2) is 47.3 Å². The van der Waals surface area contributed by atoms with E-state index in [9.17, 15) is 14.7 Å². The van der Waals surface area contributed by atoms with E-state index in [2.05, 4.69) is 4.98 Å². The quantitative estimate of drug-likeness (QED) is 0.762. The Hall–Kier alpha value is -2.88. The van der Waals surface area contributed by atoms with Gasteiger partial charge in [0.15, 0.2) is 5.43 Å². The first kappa shape index (κ1) is 16.0. The number of pyridine rings is 1. The molecule has 0 radical (unpaired) electrons. The molecular formula is C20H19NO3. The van der Waals surface area contributed by atoms with Crippen LogP contribution in [-0.4, -0.2) is 16.1 Å². The molecule has 0 amide bonds. The minimum Gasteiger partial charge on any atom is -0.477 e. The van der Waals surface area contributed by atoms with Crippen LogP contribution in [0.3, 0.4) is 0 Å². The normalized spacial score (nSPS) is 10.9. The van der Waals surface area contributed by atoms with E-state index in [-0.39, 0.29) is 16.7 Å². The Balaban J connectivity index is 2.48. The number of aromatic nitrogens is 1. The SMILES string of the molecule is CCc1cc(CC)c2[nH]c(C(=O)O)c(-c3ccccc3)c(=O)c2c1. The highest BCUT2D eigenvalue weighted by molar-refractivity contribution is 5.99. The summed E-state index contributed by atoms with van der Waals surface area (Å²) in [4.78, 5) is 27.9. The monoisotopic (exact) mass is 321 g/mol. The zero-order valence-electron chi connectivity index (χ0n) is 13.7. The first-order valence-corrected chi connectivity index (χ1v) is 8.07. The number of hydrogen-bond acceptors (Lipinski definition) is 2. The van der Waals surface area contributed by atoms with Gasteiger partial charge in [-0.15, -0.1) is 0 Å². The van der Waals surface area contributed by atoms with E-state index in [0.29, 0.717) is 16.5 Å². The second-order valence-electron chi connectivity index (χ2n) is 5.76. The Morgan fingerprint density at radius 2 is 1.79 bits per heavy atom. The van der Waals surface area contributed by atoms with Crippen LogP contribution < -0.4 is 5.43 Å². The van der Waals surface area contributed by atoms with Crippen LogP contribution >= 0.6 is 0 Å². The van der Waals surface area contributed by atoms with Crippen LogP contribution in [0.4, 0.5) is 0 Å². The summed E-state index contributed by atoms with van der Waals surface area (Å²) in [6.07, 6.45) is 1.55. The van der Waals surface area contributed by atoms with Gasteiger partial charge in [0.05, 0.1) is 11.1 Å². The summed E-state index contributed by atoms with van der Waals surface area (Å²) in [7, 11) is 0. The fourth-order valence-electron chi connectivity index (χ4n) is 3.05. The molecule has 4 nitrogen and oxygen atoms in total. The van der Waals surface area contributed by atoms with Gasteiger partial charge < -0.3 is 10.1 Å². The van der Waals surface area contributed by atoms with Crippen molar-refractivity contribution in [2.24, 2.45) is 0 Å². The maximum absolute atomic E-state index is 13.1. The van der Waals surface area contributed by atoms with Crippen LogP contribution in [0, 0.1) is 0 Å². The summed E-state index contributed by atoms with van der Waals surface area (Å²) in [6.45, 7) is 4.04. The second-order valence-corrected chi connectivity index (χ2v) is 5.76. The van der Waals surface area contributed by atoms with E-state index in [4.69, 9.17) is 0 Å². The van der Waals surface area contributed by atoms with Gasteiger partial charge in [-0.2, -0.15) is 0 Å². The number of hydrogen-bond donors (Lipinski definition) is 2. The molecule has 1 aromatic heterocycles. The minimum absolute atomic E-state index is 0.0577. The lowest BCUT2D eigenvalue weighted by Crippen LogP contribution is -2.16. The van der Waals surface area contributed by atoms with Gasteiger partial charge in [-0.1, -0.05) is 50.2 Å². The molecule has 0 bridgehead atoms. The fourth-order valence-corrected chi connectivity index (χ4v) is 3.05. The van der Waals surface area contributed by atoms with Gasteiger partial charge in [-0.3, -0.25) is 4.79 Å². The molecule has 3 aromatic rings. The van der Waals surface area contributed by atoms with Crippen molar-refractivity contribution in [3.63, 3.8) is 0 Å². The molecule has 0 atom stereocenters. The highest BCUT2D eigenvalue weighted by Gasteiger charge is 2.20. The number of aromatic carboxylic acids is 1. The predicted molar refractivity (Wildman–Crippen MR) is 95.7 cm³/mol. The zero-order chi connectivity index (χ0) is 17.3. The lowest BCUT2D eigenvalue weighted by Gasteiger charge is -2.12. The van der Waals surface area contributed by atoms with Crippen LogP contribution in [0.5, 0.6) is 0 Å². The number of fused-ring (bicyclic) bond motifs is 1. The van der Waals surface area contributed by atoms with Crippen molar-refractivity contribution in [2.75, 3.05) is 0 Å². The van der Waals surface area contributed by atoms with Gasteiger partial charge in [0.25, 0.3) is 0 Å². The second kappa shape index (κ2) is 6.32. The average Bonchev–Trinajstić information content (AvgIpc) is 2.61. The molecule has 0 aliphatic heterocycles. The Labute approximate surface area is 139 Å². The van der Waals surface area contributed by atoms with E-state index >= 15 is 0 Å². The van der Waals surface area contributed by atoms with Gasteiger partial charge in [0.1, 0.15) is 5.69 Å². The lowest BCUT2D eigenvalue weighted by molar-refractivity contribution is 0.0691. The molecule has 24 heavy (non-hydrogen) atoms. The van der Waals surface area contributed by atoms with Crippen LogP contribution in [0.25, 0.3) is 22.0 Å². The maximum atomic E-state index is 13.1. The molecule has 2 N–H and O–H groups in total. The Morgan fingerprint density at radius 3 is 2.38 bits per heavy atom. The van der Waals surface area contributed by atoms with E-state index in [1.54, 1.807) is 24.3 Å². The fraction of sp³-hybridized carbons (Fsp3) is 0.200. The number of nitrogens with one attached hydrogen (secondary N) is 1. The number of rotatable bonds is 4. The highest BCUT2D eigenvalue weighted by Crippen LogP contribution is 2.25. The molecule has 0 saturated carbocycles. The van der Waals surface area contributed by atoms with Gasteiger partial charge in [0.2, 0.25) is 0 Å². The van der Waals surface area contributed by atoms with Gasteiger partial charge in [-0.05, 0) is 35.6 Å². The smallest absolute Gasteiger partial charge is 0.353 e.